The number of phenolic OH excluding ortho intramolecular Hbond substituents is 2. The first-order valence-corrected chi connectivity index (χ1v) is 6.30. The van der Waals surface area contributed by atoms with E-state index in [1.165, 1.54) is 12.8 Å². The van der Waals surface area contributed by atoms with Crippen molar-refractivity contribution in [2.45, 2.75) is 31.1 Å². The van der Waals surface area contributed by atoms with Crippen LogP contribution in [0.15, 0.2) is 16.6 Å². The molecule has 1 aromatic rings. The van der Waals surface area contributed by atoms with Gasteiger partial charge < -0.3 is 15.9 Å². The molecular weight excluding hydrogens is 270 g/mol. The third-order valence-corrected chi connectivity index (χ3v) is 4.21. The zero-order valence-corrected chi connectivity index (χ0v) is 10.6. The molecular formula is C12H16BrNO2. The Kier molecular flexibility index (Phi) is 3.13. The van der Waals surface area contributed by atoms with E-state index in [2.05, 4.69) is 15.9 Å². The maximum Gasteiger partial charge on any atom is 0.171 e. The lowest BCUT2D eigenvalue weighted by Crippen LogP contribution is -2.31. The molecule has 0 aromatic heterocycles. The number of benzene rings is 1. The molecule has 1 aliphatic rings. The lowest BCUT2D eigenvalue weighted by Gasteiger charge is -2.28. The van der Waals surface area contributed by atoms with E-state index < -0.39 is 0 Å². The second-order valence-corrected chi connectivity index (χ2v) is 5.37. The third kappa shape index (κ3) is 1.80. The number of hydrogen-bond donors (Lipinski definition) is 3. The Balaban J connectivity index is 2.47. The van der Waals surface area contributed by atoms with Crippen LogP contribution in [0.3, 0.4) is 0 Å². The number of rotatable bonds is 2. The first-order chi connectivity index (χ1) is 7.59. The average molecular weight is 286 g/mol. The first kappa shape index (κ1) is 11.7. The van der Waals surface area contributed by atoms with Gasteiger partial charge in [-0.25, -0.2) is 0 Å². The van der Waals surface area contributed by atoms with Gasteiger partial charge in [0.25, 0.3) is 0 Å². The summed E-state index contributed by atoms with van der Waals surface area (Å²) in [5.74, 6) is -0.182. The molecule has 0 saturated heterocycles. The van der Waals surface area contributed by atoms with Gasteiger partial charge in [0.15, 0.2) is 11.5 Å². The summed E-state index contributed by atoms with van der Waals surface area (Å²) in [5.41, 5.74) is 6.88. The van der Waals surface area contributed by atoms with Crippen molar-refractivity contribution < 1.29 is 10.2 Å². The molecule has 16 heavy (non-hydrogen) atoms. The minimum Gasteiger partial charge on any atom is -0.504 e. The van der Waals surface area contributed by atoms with Gasteiger partial charge in [-0.3, -0.25) is 0 Å². The summed E-state index contributed by atoms with van der Waals surface area (Å²) in [6.07, 6.45) is 4.47. The highest BCUT2D eigenvalue weighted by molar-refractivity contribution is 9.10. The van der Waals surface area contributed by atoms with E-state index >= 15 is 0 Å². The summed E-state index contributed by atoms with van der Waals surface area (Å²) in [6, 6.07) is 3.51. The molecule has 1 fully saturated rings. The van der Waals surface area contributed by atoms with Crippen molar-refractivity contribution in [3.05, 3.63) is 22.2 Å². The Morgan fingerprint density at radius 3 is 2.38 bits per heavy atom. The van der Waals surface area contributed by atoms with Crippen LogP contribution in [0.1, 0.15) is 31.2 Å². The molecule has 0 spiro atoms. The smallest absolute Gasteiger partial charge is 0.171 e. The standard InChI is InChI=1S/C12H16BrNO2/c13-9-5-8(6-10(15)11(9)16)12(7-14)3-1-2-4-12/h5-6,15-16H,1-4,7,14H2. The molecule has 4 heteroatoms. The average Bonchev–Trinajstić information content (AvgIpc) is 2.75. The van der Waals surface area contributed by atoms with Crippen molar-refractivity contribution in [1.82, 2.24) is 0 Å². The molecule has 1 aromatic carbocycles. The molecule has 0 heterocycles. The number of nitrogens with two attached hydrogens (primary N) is 1. The van der Waals surface area contributed by atoms with Crippen molar-refractivity contribution in [3.63, 3.8) is 0 Å². The lowest BCUT2D eigenvalue weighted by molar-refractivity contribution is 0.394. The minimum absolute atomic E-state index is 0.0201. The fourth-order valence-corrected chi connectivity index (χ4v) is 3.00. The number of aromatic hydroxyl groups is 2. The van der Waals surface area contributed by atoms with Gasteiger partial charge in [0.05, 0.1) is 4.47 Å². The molecule has 0 bridgehead atoms. The van der Waals surface area contributed by atoms with Crippen molar-refractivity contribution in [1.29, 1.82) is 0 Å². The maximum atomic E-state index is 9.63. The van der Waals surface area contributed by atoms with Crippen molar-refractivity contribution in [3.8, 4) is 11.5 Å². The van der Waals surface area contributed by atoms with Crippen LogP contribution in [0.2, 0.25) is 0 Å². The van der Waals surface area contributed by atoms with Crippen LogP contribution in [0.25, 0.3) is 0 Å². The highest BCUT2D eigenvalue weighted by Gasteiger charge is 2.35. The highest BCUT2D eigenvalue weighted by atomic mass is 79.9. The Bertz CT molecular complexity index is 377. The first-order valence-electron chi connectivity index (χ1n) is 5.51. The molecule has 0 radical (unpaired) electrons. The van der Waals surface area contributed by atoms with Gasteiger partial charge in [-0.2, -0.15) is 0 Å². The fourth-order valence-electron chi connectivity index (χ4n) is 2.55. The van der Waals surface area contributed by atoms with E-state index in [1.807, 2.05) is 6.07 Å². The van der Waals surface area contributed by atoms with E-state index in [4.69, 9.17) is 5.73 Å². The SMILES string of the molecule is NCC1(c2cc(O)c(O)c(Br)c2)CCCC1. The van der Waals surface area contributed by atoms with Crippen molar-refractivity contribution >= 4 is 15.9 Å². The largest absolute Gasteiger partial charge is 0.504 e. The molecule has 0 amide bonds. The second-order valence-electron chi connectivity index (χ2n) is 4.52. The molecule has 0 unspecified atom stereocenters. The highest BCUT2D eigenvalue weighted by Crippen LogP contribution is 2.44. The molecule has 0 atom stereocenters. The summed E-state index contributed by atoms with van der Waals surface area (Å²) in [7, 11) is 0. The molecule has 4 N–H and O–H groups in total. The summed E-state index contributed by atoms with van der Waals surface area (Å²) in [4.78, 5) is 0. The summed E-state index contributed by atoms with van der Waals surface area (Å²) in [5, 5.41) is 19.1. The maximum absolute atomic E-state index is 9.63. The van der Waals surface area contributed by atoms with E-state index in [0.717, 1.165) is 18.4 Å². The summed E-state index contributed by atoms with van der Waals surface area (Å²) >= 11 is 3.25. The van der Waals surface area contributed by atoms with Crippen LogP contribution in [0.4, 0.5) is 0 Å². The fraction of sp³-hybridized carbons (Fsp3) is 0.500. The minimum atomic E-state index is -0.103. The zero-order valence-electron chi connectivity index (χ0n) is 9.04. The third-order valence-electron chi connectivity index (χ3n) is 3.61. The van der Waals surface area contributed by atoms with Crippen molar-refractivity contribution in [2.24, 2.45) is 5.73 Å². The van der Waals surface area contributed by atoms with E-state index in [1.54, 1.807) is 6.07 Å². The van der Waals surface area contributed by atoms with E-state index in [-0.39, 0.29) is 16.9 Å². The number of phenols is 2. The molecule has 88 valence electrons. The normalized spacial score (nSPS) is 18.9. The number of halogens is 1. The van der Waals surface area contributed by atoms with Crippen LogP contribution in [-0.4, -0.2) is 16.8 Å². The molecule has 3 nitrogen and oxygen atoms in total. The van der Waals surface area contributed by atoms with Crippen LogP contribution >= 0.6 is 15.9 Å². The summed E-state index contributed by atoms with van der Waals surface area (Å²) < 4.78 is 0.530. The monoisotopic (exact) mass is 285 g/mol. The van der Waals surface area contributed by atoms with Gasteiger partial charge in [-0.1, -0.05) is 12.8 Å². The predicted octanol–water partition coefficient (Wildman–Crippen LogP) is 2.63. The topological polar surface area (TPSA) is 66.5 Å². The Morgan fingerprint density at radius 2 is 1.88 bits per heavy atom. The van der Waals surface area contributed by atoms with Gasteiger partial charge in [-0.05, 0) is 46.5 Å². The second kappa shape index (κ2) is 4.26. The Morgan fingerprint density at radius 1 is 1.25 bits per heavy atom. The molecule has 2 rings (SSSR count). The molecule has 1 saturated carbocycles. The van der Waals surface area contributed by atoms with Gasteiger partial charge in [0, 0.05) is 12.0 Å². The Hall–Kier alpha value is -0.740. The van der Waals surface area contributed by atoms with Gasteiger partial charge in [0.1, 0.15) is 0 Å². The molecule has 1 aliphatic carbocycles. The zero-order chi connectivity index (χ0) is 11.8. The van der Waals surface area contributed by atoms with Crippen LogP contribution < -0.4 is 5.73 Å². The summed E-state index contributed by atoms with van der Waals surface area (Å²) in [6.45, 7) is 0.587. The van der Waals surface area contributed by atoms with Crippen molar-refractivity contribution in [2.75, 3.05) is 6.54 Å². The van der Waals surface area contributed by atoms with Gasteiger partial charge in [0.2, 0.25) is 0 Å². The van der Waals surface area contributed by atoms with Crippen LogP contribution in [0, 0.1) is 0 Å². The number of hydrogen-bond acceptors (Lipinski definition) is 3. The predicted molar refractivity (Wildman–Crippen MR) is 66.7 cm³/mol. The van der Waals surface area contributed by atoms with Crippen LogP contribution in [-0.2, 0) is 5.41 Å². The van der Waals surface area contributed by atoms with Crippen LogP contribution in [0.5, 0.6) is 11.5 Å². The van der Waals surface area contributed by atoms with E-state index in [9.17, 15) is 10.2 Å². The Labute approximate surface area is 103 Å². The van der Waals surface area contributed by atoms with Gasteiger partial charge in [-0.15, -0.1) is 0 Å². The molecule has 0 aliphatic heterocycles. The lowest BCUT2D eigenvalue weighted by atomic mass is 9.79. The quantitative estimate of drug-likeness (QED) is 0.732. The van der Waals surface area contributed by atoms with Gasteiger partial charge >= 0.3 is 0 Å². The van der Waals surface area contributed by atoms with E-state index in [0.29, 0.717) is 11.0 Å².